The lowest BCUT2D eigenvalue weighted by atomic mass is 10.5. The van der Waals surface area contributed by atoms with Crippen LogP contribution in [0.4, 0.5) is 0 Å². The fourth-order valence-electron chi connectivity index (χ4n) is 1.65. The number of ether oxygens (including phenoxy) is 1. The van der Waals surface area contributed by atoms with Gasteiger partial charge in [0, 0.05) is 46.1 Å². The van der Waals surface area contributed by atoms with Gasteiger partial charge in [-0.3, -0.25) is 4.68 Å². The second-order valence-corrected chi connectivity index (χ2v) is 6.48. The normalized spacial score (nSPS) is 12.2. The number of hydrogen-bond donors (Lipinski definition) is 2. The van der Waals surface area contributed by atoms with E-state index in [0.717, 1.165) is 6.54 Å². The van der Waals surface area contributed by atoms with E-state index in [-0.39, 0.29) is 11.5 Å². The Morgan fingerprint density at radius 1 is 1.48 bits per heavy atom. The third-order valence-corrected chi connectivity index (χ3v) is 4.34. The van der Waals surface area contributed by atoms with Crippen molar-refractivity contribution in [3.8, 4) is 0 Å². The summed E-state index contributed by atoms with van der Waals surface area (Å²) in [6.45, 7) is 2.82. The molecule has 1 rings (SSSR count). The standard InChI is InChI=1S/C12H24N4O4S/c1-15(7-9-20-2)6-4-14-21(18,19)12-10-13-16(11-12)5-3-8-17/h10-11,14,17H,3-9H2,1-2H3. The van der Waals surface area contributed by atoms with Crippen molar-refractivity contribution in [3.63, 3.8) is 0 Å². The van der Waals surface area contributed by atoms with Crippen molar-refractivity contribution in [2.75, 3.05) is 47.0 Å². The second kappa shape index (κ2) is 9.11. The molecule has 0 saturated carbocycles. The monoisotopic (exact) mass is 320 g/mol. The zero-order valence-corrected chi connectivity index (χ0v) is 13.3. The van der Waals surface area contributed by atoms with Crippen LogP contribution >= 0.6 is 0 Å². The summed E-state index contributed by atoms with van der Waals surface area (Å²) in [4.78, 5) is 2.12. The van der Waals surface area contributed by atoms with Gasteiger partial charge in [0.25, 0.3) is 0 Å². The number of hydrogen-bond acceptors (Lipinski definition) is 6. The lowest BCUT2D eigenvalue weighted by molar-refractivity contribution is 0.162. The fraction of sp³-hybridized carbons (Fsp3) is 0.750. The van der Waals surface area contributed by atoms with Gasteiger partial charge in [0.05, 0.1) is 12.8 Å². The molecule has 0 aliphatic carbocycles. The van der Waals surface area contributed by atoms with E-state index < -0.39 is 10.0 Å². The molecule has 21 heavy (non-hydrogen) atoms. The number of methoxy groups -OCH3 is 1. The Morgan fingerprint density at radius 3 is 2.90 bits per heavy atom. The number of sulfonamides is 1. The van der Waals surface area contributed by atoms with E-state index in [1.54, 1.807) is 7.11 Å². The molecule has 0 radical (unpaired) electrons. The molecule has 1 heterocycles. The van der Waals surface area contributed by atoms with Gasteiger partial charge < -0.3 is 14.7 Å². The van der Waals surface area contributed by atoms with E-state index >= 15 is 0 Å². The van der Waals surface area contributed by atoms with E-state index in [1.807, 2.05) is 11.9 Å². The molecule has 0 bridgehead atoms. The summed E-state index contributed by atoms with van der Waals surface area (Å²) in [5, 5.41) is 12.7. The minimum atomic E-state index is -3.53. The van der Waals surface area contributed by atoms with Crippen molar-refractivity contribution in [1.82, 2.24) is 19.4 Å². The topological polar surface area (TPSA) is 96.7 Å². The van der Waals surface area contributed by atoms with Crippen molar-refractivity contribution in [3.05, 3.63) is 12.4 Å². The highest BCUT2D eigenvalue weighted by Crippen LogP contribution is 2.06. The molecule has 9 heteroatoms. The highest BCUT2D eigenvalue weighted by Gasteiger charge is 2.16. The molecule has 122 valence electrons. The summed E-state index contributed by atoms with van der Waals surface area (Å²) in [6, 6.07) is 0. The van der Waals surface area contributed by atoms with Crippen LogP contribution in [0.15, 0.2) is 17.3 Å². The molecule has 2 N–H and O–H groups in total. The molecular formula is C12H24N4O4S. The van der Waals surface area contributed by atoms with Crippen LogP contribution in [0.3, 0.4) is 0 Å². The largest absolute Gasteiger partial charge is 0.396 e. The van der Waals surface area contributed by atoms with Crippen LogP contribution < -0.4 is 4.72 Å². The molecule has 0 atom stereocenters. The molecule has 1 aromatic rings. The summed E-state index contributed by atoms with van der Waals surface area (Å²) in [6.07, 6.45) is 3.32. The van der Waals surface area contributed by atoms with E-state index in [1.165, 1.54) is 17.1 Å². The van der Waals surface area contributed by atoms with Crippen LogP contribution in [0.2, 0.25) is 0 Å². The summed E-state index contributed by atoms with van der Waals surface area (Å²) >= 11 is 0. The summed E-state index contributed by atoms with van der Waals surface area (Å²) in [5.41, 5.74) is 0. The molecule has 1 aromatic heterocycles. The van der Waals surface area contributed by atoms with Crippen molar-refractivity contribution in [2.24, 2.45) is 0 Å². The lowest BCUT2D eigenvalue weighted by Crippen LogP contribution is -2.34. The summed E-state index contributed by atoms with van der Waals surface area (Å²) < 4.78 is 33.1. The van der Waals surface area contributed by atoms with Gasteiger partial charge in [-0.25, -0.2) is 13.1 Å². The molecule has 0 aliphatic rings. The Bertz CT molecular complexity index is 503. The Balaban J connectivity index is 2.44. The first kappa shape index (κ1) is 18.1. The summed E-state index contributed by atoms with van der Waals surface area (Å²) in [5.74, 6) is 0. The first-order valence-electron chi connectivity index (χ1n) is 6.80. The van der Waals surface area contributed by atoms with Crippen LogP contribution in [0, 0.1) is 0 Å². The van der Waals surface area contributed by atoms with E-state index in [4.69, 9.17) is 9.84 Å². The number of rotatable bonds is 11. The molecular weight excluding hydrogens is 296 g/mol. The van der Waals surface area contributed by atoms with Crippen LogP contribution in [-0.4, -0.2) is 75.2 Å². The minimum Gasteiger partial charge on any atom is -0.396 e. The Kier molecular flexibility index (Phi) is 7.83. The maximum atomic E-state index is 12.1. The second-order valence-electron chi connectivity index (χ2n) is 4.71. The van der Waals surface area contributed by atoms with Crippen molar-refractivity contribution in [2.45, 2.75) is 17.9 Å². The highest BCUT2D eigenvalue weighted by atomic mass is 32.2. The van der Waals surface area contributed by atoms with Crippen molar-refractivity contribution < 1.29 is 18.3 Å². The van der Waals surface area contributed by atoms with Crippen molar-refractivity contribution >= 4 is 10.0 Å². The quantitative estimate of drug-likeness (QED) is 0.550. The Labute approximate surface area is 125 Å². The van der Waals surface area contributed by atoms with E-state index in [0.29, 0.717) is 32.7 Å². The first-order chi connectivity index (χ1) is 9.99. The third-order valence-electron chi connectivity index (χ3n) is 2.93. The first-order valence-corrected chi connectivity index (χ1v) is 8.28. The lowest BCUT2D eigenvalue weighted by Gasteiger charge is -2.15. The zero-order valence-electron chi connectivity index (χ0n) is 12.5. The van der Waals surface area contributed by atoms with Crippen LogP contribution in [0.1, 0.15) is 6.42 Å². The maximum Gasteiger partial charge on any atom is 0.243 e. The Hall–Kier alpha value is -1.00. The highest BCUT2D eigenvalue weighted by molar-refractivity contribution is 7.89. The molecule has 0 fully saturated rings. The van der Waals surface area contributed by atoms with Gasteiger partial charge in [-0.05, 0) is 13.5 Å². The molecule has 0 spiro atoms. The number of aromatic nitrogens is 2. The smallest absolute Gasteiger partial charge is 0.243 e. The molecule has 0 saturated heterocycles. The van der Waals surface area contributed by atoms with Gasteiger partial charge >= 0.3 is 0 Å². The van der Waals surface area contributed by atoms with Gasteiger partial charge in [-0.1, -0.05) is 0 Å². The van der Waals surface area contributed by atoms with Gasteiger partial charge in [0.2, 0.25) is 10.0 Å². The van der Waals surface area contributed by atoms with Gasteiger partial charge in [-0.2, -0.15) is 5.10 Å². The van der Waals surface area contributed by atoms with Gasteiger partial charge in [0.15, 0.2) is 0 Å². The number of aliphatic hydroxyl groups is 1. The zero-order chi connectivity index (χ0) is 15.7. The SMILES string of the molecule is COCCN(C)CCNS(=O)(=O)c1cnn(CCCO)c1. The maximum absolute atomic E-state index is 12.1. The minimum absolute atomic E-state index is 0.0496. The number of likely N-dealkylation sites (N-methyl/N-ethyl adjacent to an activating group) is 1. The molecule has 0 amide bonds. The average molecular weight is 320 g/mol. The number of nitrogens with zero attached hydrogens (tertiary/aromatic N) is 3. The van der Waals surface area contributed by atoms with Gasteiger partial charge in [0.1, 0.15) is 4.90 Å². The number of aliphatic hydroxyl groups excluding tert-OH is 1. The predicted molar refractivity (Wildman–Crippen MR) is 78.5 cm³/mol. The number of nitrogens with one attached hydrogen (secondary N) is 1. The number of aryl methyl sites for hydroxylation is 1. The van der Waals surface area contributed by atoms with Gasteiger partial charge in [-0.15, -0.1) is 0 Å². The Morgan fingerprint density at radius 2 is 2.24 bits per heavy atom. The predicted octanol–water partition coefficient (Wildman–Crippen LogP) is -0.878. The average Bonchev–Trinajstić information content (AvgIpc) is 2.92. The van der Waals surface area contributed by atoms with Crippen molar-refractivity contribution in [1.29, 1.82) is 0 Å². The van der Waals surface area contributed by atoms with Crippen LogP contribution in [0.25, 0.3) is 0 Å². The molecule has 0 aliphatic heterocycles. The third kappa shape index (κ3) is 6.53. The fourth-order valence-corrected chi connectivity index (χ4v) is 2.62. The van der Waals surface area contributed by atoms with Crippen LogP contribution in [-0.2, 0) is 21.3 Å². The molecule has 0 unspecified atom stereocenters. The molecule has 8 nitrogen and oxygen atoms in total. The van der Waals surface area contributed by atoms with E-state index in [9.17, 15) is 8.42 Å². The summed E-state index contributed by atoms with van der Waals surface area (Å²) in [7, 11) is -0.00144. The van der Waals surface area contributed by atoms with Crippen LogP contribution in [0.5, 0.6) is 0 Å². The molecule has 0 aromatic carbocycles. The van der Waals surface area contributed by atoms with E-state index in [2.05, 4.69) is 9.82 Å².